The van der Waals surface area contributed by atoms with Crippen LogP contribution < -0.4 is 5.32 Å². The maximum Gasteiger partial charge on any atom is 0.416 e. The fraction of sp³-hybridized carbons (Fsp3) is 0.562. The number of hydrogen-bond acceptors (Lipinski definition) is 3. The number of likely N-dealkylation sites (N-methyl/N-ethyl adjacent to an activating group) is 1. The zero-order valence-electron chi connectivity index (χ0n) is 13.6. The molecule has 0 aliphatic carbocycles. The number of carbonyl (C=O) groups is 1. The van der Waals surface area contributed by atoms with Crippen molar-refractivity contribution in [3.63, 3.8) is 0 Å². The molecule has 1 N–H and O–H groups in total. The first kappa shape index (κ1) is 17.7. The van der Waals surface area contributed by atoms with Gasteiger partial charge in [0.1, 0.15) is 0 Å². The van der Waals surface area contributed by atoms with Gasteiger partial charge in [-0.3, -0.25) is 9.69 Å². The Morgan fingerprint density at radius 1 is 1.35 bits per heavy atom. The maximum absolute atomic E-state index is 13.3. The van der Waals surface area contributed by atoms with Crippen LogP contribution in [0.2, 0.25) is 0 Å². The van der Waals surface area contributed by atoms with E-state index in [9.17, 15) is 18.0 Å². The molecule has 1 amide bonds. The minimum atomic E-state index is -4.47. The van der Waals surface area contributed by atoms with Crippen LogP contribution in [0.1, 0.15) is 28.4 Å². The van der Waals surface area contributed by atoms with E-state index >= 15 is 0 Å². The van der Waals surface area contributed by atoms with Crippen molar-refractivity contribution in [2.24, 2.45) is 0 Å². The fourth-order valence-corrected chi connectivity index (χ4v) is 2.77. The van der Waals surface area contributed by atoms with E-state index < -0.39 is 17.6 Å². The molecule has 0 radical (unpaired) electrons. The van der Waals surface area contributed by atoms with E-state index in [1.807, 2.05) is 11.9 Å². The predicted octanol–water partition coefficient (Wildman–Crippen LogP) is 2.20. The number of hydrogen-bond donors (Lipinski definition) is 1. The van der Waals surface area contributed by atoms with Crippen molar-refractivity contribution in [1.29, 1.82) is 0 Å². The number of nitrogens with zero attached hydrogens (tertiary/aromatic N) is 2. The Labute approximate surface area is 134 Å². The van der Waals surface area contributed by atoms with Crippen LogP contribution >= 0.6 is 0 Å². The van der Waals surface area contributed by atoms with Crippen LogP contribution in [0.25, 0.3) is 0 Å². The predicted molar refractivity (Wildman–Crippen MR) is 82.2 cm³/mol. The van der Waals surface area contributed by atoms with Gasteiger partial charge in [-0.25, -0.2) is 0 Å². The summed E-state index contributed by atoms with van der Waals surface area (Å²) in [4.78, 5) is 15.8. The van der Waals surface area contributed by atoms with E-state index in [2.05, 4.69) is 17.1 Å². The molecule has 0 aromatic heterocycles. The highest BCUT2D eigenvalue weighted by atomic mass is 19.4. The number of alkyl halides is 3. The molecule has 1 fully saturated rings. The lowest BCUT2D eigenvalue weighted by atomic mass is 10.0. The van der Waals surface area contributed by atoms with Crippen LogP contribution in [0.3, 0.4) is 0 Å². The summed E-state index contributed by atoms with van der Waals surface area (Å²) in [5.74, 6) is -0.518. The second kappa shape index (κ2) is 6.88. The molecule has 1 aliphatic heterocycles. The van der Waals surface area contributed by atoms with Crippen molar-refractivity contribution in [3.05, 3.63) is 34.9 Å². The van der Waals surface area contributed by atoms with Gasteiger partial charge in [0, 0.05) is 44.8 Å². The molecule has 23 heavy (non-hydrogen) atoms. The molecular weight excluding hydrogens is 307 g/mol. The Morgan fingerprint density at radius 2 is 2.04 bits per heavy atom. The van der Waals surface area contributed by atoms with E-state index in [0.29, 0.717) is 6.04 Å². The Balaban J connectivity index is 2.25. The summed E-state index contributed by atoms with van der Waals surface area (Å²) in [6.07, 6.45) is -4.47. The molecule has 1 aromatic rings. The van der Waals surface area contributed by atoms with E-state index in [1.54, 1.807) is 0 Å². The van der Waals surface area contributed by atoms with Gasteiger partial charge in [-0.15, -0.1) is 0 Å². The van der Waals surface area contributed by atoms with Crippen LogP contribution in [0.15, 0.2) is 18.2 Å². The lowest BCUT2D eigenvalue weighted by molar-refractivity contribution is -0.138. The molecule has 1 aromatic carbocycles. The Morgan fingerprint density at radius 3 is 2.61 bits per heavy atom. The third kappa shape index (κ3) is 4.23. The number of benzene rings is 1. The number of halogens is 3. The summed E-state index contributed by atoms with van der Waals surface area (Å²) >= 11 is 0. The molecule has 2 rings (SSSR count). The molecule has 1 saturated heterocycles. The zero-order valence-corrected chi connectivity index (χ0v) is 13.6. The number of rotatable bonds is 3. The van der Waals surface area contributed by atoms with Crippen LogP contribution in [-0.2, 0) is 12.7 Å². The van der Waals surface area contributed by atoms with Gasteiger partial charge >= 0.3 is 6.18 Å². The Kier molecular flexibility index (Phi) is 5.31. The minimum Gasteiger partial charge on any atom is -0.355 e. The van der Waals surface area contributed by atoms with E-state index in [1.165, 1.54) is 19.2 Å². The van der Waals surface area contributed by atoms with Crippen LogP contribution in [0, 0.1) is 0 Å². The van der Waals surface area contributed by atoms with Gasteiger partial charge in [-0.05, 0) is 31.7 Å². The number of piperazine rings is 1. The van der Waals surface area contributed by atoms with Crippen molar-refractivity contribution in [2.75, 3.05) is 33.7 Å². The lowest BCUT2D eigenvalue weighted by Crippen LogP contribution is -2.49. The highest BCUT2D eigenvalue weighted by molar-refractivity contribution is 5.94. The van der Waals surface area contributed by atoms with Crippen molar-refractivity contribution in [2.45, 2.75) is 25.7 Å². The van der Waals surface area contributed by atoms with Gasteiger partial charge in [0.25, 0.3) is 5.91 Å². The topological polar surface area (TPSA) is 35.6 Å². The van der Waals surface area contributed by atoms with E-state index in [0.717, 1.165) is 25.7 Å². The summed E-state index contributed by atoms with van der Waals surface area (Å²) in [6.45, 7) is 4.59. The highest BCUT2D eigenvalue weighted by Crippen LogP contribution is 2.33. The first-order valence-corrected chi connectivity index (χ1v) is 7.57. The van der Waals surface area contributed by atoms with Crippen molar-refractivity contribution < 1.29 is 18.0 Å². The molecule has 1 heterocycles. The lowest BCUT2D eigenvalue weighted by Gasteiger charge is -2.38. The monoisotopic (exact) mass is 329 g/mol. The smallest absolute Gasteiger partial charge is 0.355 e. The summed E-state index contributed by atoms with van der Waals surface area (Å²) in [7, 11) is 3.41. The van der Waals surface area contributed by atoms with Gasteiger partial charge in [0.2, 0.25) is 0 Å². The third-order valence-electron chi connectivity index (χ3n) is 4.34. The zero-order chi connectivity index (χ0) is 17.2. The molecule has 0 bridgehead atoms. The molecule has 0 spiro atoms. The molecule has 128 valence electrons. The number of amides is 1. The van der Waals surface area contributed by atoms with Gasteiger partial charge in [0.15, 0.2) is 0 Å². The van der Waals surface area contributed by atoms with Gasteiger partial charge in [-0.1, -0.05) is 6.07 Å². The van der Waals surface area contributed by atoms with Crippen molar-refractivity contribution >= 4 is 5.91 Å². The molecule has 0 unspecified atom stereocenters. The first-order valence-electron chi connectivity index (χ1n) is 7.57. The summed E-state index contributed by atoms with van der Waals surface area (Å²) in [6, 6.07) is 4.11. The average molecular weight is 329 g/mol. The highest BCUT2D eigenvalue weighted by Gasteiger charge is 2.34. The SMILES string of the molecule is CNC(=O)c1ccc(CN2CCN(C)[C@@H](C)C2)c(C(F)(F)F)c1. The number of carbonyl (C=O) groups excluding carboxylic acids is 1. The number of nitrogens with one attached hydrogen (secondary N) is 1. The van der Waals surface area contributed by atoms with E-state index in [-0.39, 0.29) is 17.7 Å². The molecule has 0 saturated carbocycles. The molecule has 4 nitrogen and oxygen atoms in total. The fourth-order valence-electron chi connectivity index (χ4n) is 2.77. The Hall–Kier alpha value is -1.60. The maximum atomic E-state index is 13.3. The van der Waals surface area contributed by atoms with Crippen molar-refractivity contribution in [3.8, 4) is 0 Å². The van der Waals surface area contributed by atoms with E-state index in [4.69, 9.17) is 0 Å². The largest absolute Gasteiger partial charge is 0.416 e. The van der Waals surface area contributed by atoms with Gasteiger partial charge < -0.3 is 10.2 Å². The third-order valence-corrected chi connectivity index (χ3v) is 4.34. The summed E-state index contributed by atoms with van der Waals surface area (Å²) < 4.78 is 40.0. The second-order valence-electron chi connectivity index (χ2n) is 6.01. The van der Waals surface area contributed by atoms with Crippen LogP contribution in [0.5, 0.6) is 0 Å². The molecular formula is C16H22F3N3O. The van der Waals surface area contributed by atoms with Gasteiger partial charge in [-0.2, -0.15) is 13.2 Å². The summed E-state index contributed by atoms with van der Waals surface area (Å²) in [5.41, 5.74) is -0.498. The second-order valence-corrected chi connectivity index (χ2v) is 6.01. The molecule has 1 atom stereocenters. The normalized spacial score (nSPS) is 20.5. The molecule has 7 heteroatoms. The standard InChI is InChI=1S/C16H22F3N3O/c1-11-9-22(7-6-21(11)3)10-13-5-4-12(15(23)20-2)8-14(13)16(17,18)19/h4-5,8,11H,6-7,9-10H2,1-3H3,(H,20,23)/t11-/m0/s1. The quantitative estimate of drug-likeness (QED) is 0.923. The van der Waals surface area contributed by atoms with Crippen molar-refractivity contribution in [1.82, 2.24) is 15.1 Å². The van der Waals surface area contributed by atoms with Crippen LogP contribution in [-0.4, -0.2) is 55.5 Å². The van der Waals surface area contributed by atoms with Gasteiger partial charge in [0.05, 0.1) is 5.56 Å². The minimum absolute atomic E-state index is 0.0234. The molecule has 1 aliphatic rings. The Bertz CT molecular complexity index is 574. The van der Waals surface area contributed by atoms with Crippen LogP contribution in [0.4, 0.5) is 13.2 Å². The average Bonchev–Trinajstić information content (AvgIpc) is 2.49. The first-order chi connectivity index (χ1) is 10.7. The summed E-state index contributed by atoms with van der Waals surface area (Å²) in [5, 5.41) is 2.35.